The Morgan fingerprint density at radius 3 is 2.38 bits per heavy atom. The van der Waals surface area contributed by atoms with Gasteiger partial charge in [-0.2, -0.15) is 0 Å². The highest BCUT2D eigenvalue weighted by Crippen LogP contribution is 2.35. The minimum Gasteiger partial charge on any atom is -0.467 e. The smallest absolute Gasteiger partial charge is 0.335 e. The summed E-state index contributed by atoms with van der Waals surface area (Å²) in [7, 11) is 4.89. The quantitative estimate of drug-likeness (QED) is 0.256. The summed E-state index contributed by atoms with van der Waals surface area (Å²) in [5.41, 5.74) is 0.724. The lowest BCUT2D eigenvalue weighted by Gasteiger charge is -2.42. The van der Waals surface area contributed by atoms with Crippen molar-refractivity contribution in [1.29, 1.82) is 0 Å². The second-order valence-electron chi connectivity index (χ2n) is 8.42. The Morgan fingerprint density at radius 2 is 1.81 bits per heavy atom. The number of nitrogens with zero attached hydrogens (tertiary/aromatic N) is 1. The first-order valence-electron chi connectivity index (χ1n) is 11.5. The van der Waals surface area contributed by atoms with Crippen LogP contribution in [0.1, 0.15) is 26.3 Å². The number of nitrogens with one attached hydrogen (secondary N) is 1. The third-order valence-electron chi connectivity index (χ3n) is 5.52. The van der Waals surface area contributed by atoms with Crippen LogP contribution in [0, 0.1) is 5.92 Å². The van der Waals surface area contributed by atoms with Gasteiger partial charge in [-0.25, -0.2) is 4.79 Å². The minimum atomic E-state index is -1.33. The molecule has 0 spiro atoms. The summed E-state index contributed by atoms with van der Waals surface area (Å²) in [6.45, 7) is 5.63. The fourth-order valence-corrected chi connectivity index (χ4v) is 4.01. The van der Waals surface area contributed by atoms with E-state index in [0.717, 1.165) is 12.1 Å². The Labute approximate surface area is 226 Å². The summed E-state index contributed by atoms with van der Waals surface area (Å²) < 4.78 is 33.0. The number of ether oxygens (including phenoxy) is 6. The van der Waals surface area contributed by atoms with Crippen LogP contribution in [-0.2, 0) is 44.7 Å². The van der Waals surface area contributed by atoms with Crippen molar-refractivity contribution in [2.45, 2.75) is 52.0 Å². The molecule has 1 aromatic rings. The predicted molar refractivity (Wildman–Crippen MR) is 137 cm³/mol. The monoisotopic (exact) mass is 560 g/mol. The van der Waals surface area contributed by atoms with Gasteiger partial charge in [0.1, 0.15) is 12.4 Å². The van der Waals surface area contributed by atoms with E-state index in [0.29, 0.717) is 11.7 Å². The van der Waals surface area contributed by atoms with Crippen molar-refractivity contribution in [2.75, 3.05) is 34.3 Å². The number of esters is 3. The molecule has 1 N–H and O–H groups in total. The second kappa shape index (κ2) is 14.3. The predicted octanol–water partition coefficient (Wildman–Crippen LogP) is 2.07. The zero-order valence-corrected chi connectivity index (χ0v) is 23.2. The highest BCUT2D eigenvalue weighted by molar-refractivity contribution is 7.80. The Bertz CT molecular complexity index is 980. The van der Waals surface area contributed by atoms with Crippen LogP contribution < -0.4 is 10.1 Å². The van der Waals surface area contributed by atoms with Crippen LogP contribution in [0.4, 0.5) is 0 Å². The molecule has 0 amide bonds. The van der Waals surface area contributed by atoms with E-state index in [1.54, 1.807) is 30.0 Å². The Balaban J connectivity index is 2.23. The maximum Gasteiger partial charge on any atom is 0.335 e. The van der Waals surface area contributed by atoms with Gasteiger partial charge in [0.25, 0.3) is 5.17 Å². The standard InChI is InChI=1S/C24H33ClN2O9S/c1-13-19(33-14(2)28)21(34-15(3)29)23(36-20(13)22(30)31-6)35-18-8-7-16(11-17(18)25)12-32-24(37)27(5)10-9-26-4/h7-8,11,13,19-21,23,26H,9-10,12H2,1-6H3/t13-,19-,20-,21+,23+/m0/s1. The first-order valence-corrected chi connectivity index (χ1v) is 12.3. The summed E-state index contributed by atoms with van der Waals surface area (Å²) in [4.78, 5) is 37.8. The fourth-order valence-electron chi connectivity index (χ4n) is 3.61. The summed E-state index contributed by atoms with van der Waals surface area (Å²) >= 11 is 11.7. The van der Waals surface area contributed by atoms with Gasteiger partial charge in [0.15, 0.2) is 12.2 Å². The van der Waals surface area contributed by atoms with Crippen molar-refractivity contribution in [3.8, 4) is 5.75 Å². The molecule has 206 valence electrons. The van der Waals surface area contributed by atoms with Crippen LogP contribution >= 0.6 is 23.8 Å². The largest absolute Gasteiger partial charge is 0.467 e. The zero-order valence-electron chi connectivity index (χ0n) is 21.6. The molecule has 1 heterocycles. The Hall–Kier alpha value is -2.67. The lowest BCUT2D eigenvalue weighted by Crippen LogP contribution is -2.60. The fraction of sp³-hybridized carbons (Fsp3) is 0.583. The van der Waals surface area contributed by atoms with Gasteiger partial charge in [-0.05, 0) is 37.0 Å². The molecular formula is C24H33ClN2O9S. The number of halogens is 1. The molecule has 0 aromatic heterocycles. The number of thiocarbonyl (C=S) groups is 1. The average Bonchev–Trinajstić information content (AvgIpc) is 2.84. The van der Waals surface area contributed by atoms with E-state index in [9.17, 15) is 14.4 Å². The zero-order chi connectivity index (χ0) is 27.7. The molecule has 1 aromatic carbocycles. The van der Waals surface area contributed by atoms with E-state index < -0.39 is 48.4 Å². The van der Waals surface area contributed by atoms with Gasteiger partial charge >= 0.3 is 17.9 Å². The van der Waals surface area contributed by atoms with Crippen LogP contribution in [0.2, 0.25) is 5.02 Å². The SMILES string of the molecule is CNCCN(C)C(=S)OCc1ccc(O[C@@H]2O[C@H](C(=O)OC)[C@@H](C)[C@H](OC(C)=O)[C@H]2OC(C)=O)c(Cl)c1. The summed E-state index contributed by atoms with van der Waals surface area (Å²) in [6, 6.07) is 4.92. The lowest BCUT2D eigenvalue weighted by atomic mass is 9.90. The highest BCUT2D eigenvalue weighted by atomic mass is 35.5. The van der Waals surface area contributed by atoms with Gasteiger partial charge in [0, 0.05) is 39.9 Å². The van der Waals surface area contributed by atoms with E-state index in [4.69, 9.17) is 52.2 Å². The molecule has 1 saturated heterocycles. The summed E-state index contributed by atoms with van der Waals surface area (Å²) in [5.74, 6) is -2.51. The number of hydrogen-bond acceptors (Lipinski definition) is 11. The minimum absolute atomic E-state index is 0.176. The molecule has 0 bridgehead atoms. The number of likely N-dealkylation sites (N-methyl/N-ethyl adjacent to an activating group) is 2. The number of carbonyl (C=O) groups excluding carboxylic acids is 3. The average molecular weight is 561 g/mol. The number of rotatable bonds is 10. The molecule has 5 atom stereocenters. The molecule has 11 nitrogen and oxygen atoms in total. The highest BCUT2D eigenvalue weighted by Gasteiger charge is 2.52. The van der Waals surface area contributed by atoms with Gasteiger partial charge in [0.2, 0.25) is 12.4 Å². The van der Waals surface area contributed by atoms with Crippen LogP contribution in [0.15, 0.2) is 18.2 Å². The molecule has 1 aliphatic rings. The van der Waals surface area contributed by atoms with Gasteiger partial charge in [-0.15, -0.1) is 0 Å². The van der Waals surface area contributed by atoms with E-state index in [-0.39, 0.29) is 17.4 Å². The molecule has 0 radical (unpaired) electrons. The van der Waals surface area contributed by atoms with Crippen LogP contribution in [-0.4, -0.2) is 86.9 Å². The van der Waals surface area contributed by atoms with Crippen molar-refractivity contribution >= 4 is 46.9 Å². The number of carbonyl (C=O) groups is 3. The molecular weight excluding hydrogens is 528 g/mol. The normalized spacial score (nSPS) is 22.9. The first kappa shape index (κ1) is 30.6. The van der Waals surface area contributed by atoms with Crippen molar-refractivity contribution in [2.24, 2.45) is 5.92 Å². The van der Waals surface area contributed by atoms with E-state index in [2.05, 4.69) is 5.32 Å². The van der Waals surface area contributed by atoms with Crippen molar-refractivity contribution in [3.63, 3.8) is 0 Å². The molecule has 1 fully saturated rings. The van der Waals surface area contributed by atoms with Crippen molar-refractivity contribution in [1.82, 2.24) is 10.2 Å². The Morgan fingerprint density at radius 1 is 1.16 bits per heavy atom. The maximum atomic E-state index is 12.4. The van der Waals surface area contributed by atoms with Crippen LogP contribution in [0.25, 0.3) is 0 Å². The number of methoxy groups -OCH3 is 1. The van der Waals surface area contributed by atoms with E-state index in [1.807, 2.05) is 14.1 Å². The lowest BCUT2D eigenvalue weighted by molar-refractivity contribution is -0.266. The third kappa shape index (κ3) is 8.70. The molecule has 0 saturated carbocycles. The molecule has 2 rings (SSSR count). The first-order chi connectivity index (χ1) is 17.5. The number of benzene rings is 1. The van der Waals surface area contributed by atoms with Gasteiger partial charge in [0.05, 0.1) is 12.1 Å². The van der Waals surface area contributed by atoms with Crippen LogP contribution in [0.3, 0.4) is 0 Å². The van der Waals surface area contributed by atoms with Crippen LogP contribution in [0.5, 0.6) is 5.75 Å². The van der Waals surface area contributed by atoms with Gasteiger partial charge in [-0.1, -0.05) is 24.6 Å². The molecule has 13 heteroatoms. The van der Waals surface area contributed by atoms with Crippen molar-refractivity contribution in [3.05, 3.63) is 28.8 Å². The van der Waals surface area contributed by atoms with E-state index >= 15 is 0 Å². The van der Waals surface area contributed by atoms with Gasteiger partial charge in [-0.3, -0.25) is 9.59 Å². The molecule has 37 heavy (non-hydrogen) atoms. The second-order valence-corrected chi connectivity index (χ2v) is 9.17. The third-order valence-corrected chi connectivity index (χ3v) is 6.24. The summed E-state index contributed by atoms with van der Waals surface area (Å²) in [5, 5.41) is 3.58. The molecule has 0 aliphatic carbocycles. The molecule has 1 aliphatic heterocycles. The number of hydrogen-bond donors (Lipinski definition) is 1. The Kier molecular flexibility index (Phi) is 11.8. The van der Waals surface area contributed by atoms with Gasteiger partial charge < -0.3 is 38.6 Å². The summed E-state index contributed by atoms with van der Waals surface area (Å²) in [6.07, 6.45) is -4.71. The van der Waals surface area contributed by atoms with Crippen molar-refractivity contribution < 1.29 is 42.8 Å². The van der Waals surface area contributed by atoms with E-state index in [1.165, 1.54) is 21.0 Å². The maximum absolute atomic E-state index is 12.4. The molecule has 0 unspecified atom stereocenters. The topological polar surface area (TPSA) is 122 Å².